The highest BCUT2D eigenvalue weighted by Crippen LogP contribution is 2.51. The molecule has 0 spiro atoms. The van der Waals surface area contributed by atoms with Crippen LogP contribution in [-0.4, -0.2) is 47.7 Å². The Labute approximate surface area is 171 Å². The number of cyclic esters (lactones) is 1. The molecule has 2 aliphatic heterocycles. The molecule has 3 aliphatic rings. The van der Waals surface area contributed by atoms with Crippen LogP contribution >= 0.6 is 0 Å². The summed E-state index contributed by atoms with van der Waals surface area (Å²) in [6, 6.07) is 3.73. The first-order valence-electron chi connectivity index (χ1n) is 10.5. The lowest BCUT2D eigenvalue weighted by atomic mass is 9.59. The maximum atomic E-state index is 12.5. The minimum atomic E-state index is -0.256. The minimum Gasteiger partial charge on any atom is -0.462 e. The van der Waals surface area contributed by atoms with E-state index in [1.807, 2.05) is 32.1 Å². The van der Waals surface area contributed by atoms with Gasteiger partial charge in [0.05, 0.1) is 30.1 Å². The number of pyridine rings is 1. The van der Waals surface area contributed by atoms with Crippen molar-refractivity contribution >= 4 is 23.8 Å². The van der Waals surface area contributed by atoms with Gasteiger partial charge in [0, 0.05) is 19.0 Å². The number of esters is 1. The van der Waals surface area contributed by atoms with Crippen molar-refractivity contribution in [1.82, 2.24) is 9.88 Å². The van der Waals surface area contributed by atoms with E-state index in [-0.39, 0.29) is 41.8 Å². The van der Waals surface area contributed by atoms with Gasteiger partial charge in [-0.2, -0.15) is 0 Å². The zero-order chi connectivity index (χ0) is 20.5. The SMILES string of the molecule is CCOC(=O)N1CC[C@@H]2[C@H](C[C@H]3C(=O)O[C@H](C)[C@H]3[C@H]2C=Cc2ccc(N)cn2)C1. The lowest BCUT2D eigenvalue weighted by Gasteiger charge is -2.48. The summed E-state index contributed by atoms with van der Waals surface area (Å²) >= 11 is 0. The van der Waals surface area contributed by atoms with Crippen LogP contribution in [0.2, 0.25) is 0 Å². The molecule has 1 aromatic heterocycles. The summed E-state index contributed by atoms with van der Waals surface area (Å²) in [7, 11) is 0. The number of anilines is 1. The second-order valence-corrected chi connectivity index (χ2v) is 8.37. The van der Waals surface area contributed by atoms with Crippen LogP contribution in [0.15, 0.2) is 24.4 Å². The fourth-order valence-electron chi connectivity index (χ4n) is 5.46. The Morgan fingerprint density at radius 2 is 2.28 bits per heavy atom. The molecule has 29 heavy (non-hydrogen) atoms. The van der Waals surface area contributed by atoms with Crippen molar-refractivity contribution in [3.63, 3.8) is 0 Å². The number of nitrogens with two attached hydrogens (primary N) is 1. The highest BCUT2D eigenvalue weighted by molar-refractivity contribution is 5.76. The quantitative estimate of drug-likeness (QED) is 0.785. The third-order valence-corrected chi connectivity index (χ3v) is 6.72. The van der Waals surface area contributed by atoms with Gasteiger partial charge in [-0.3, -0.25) is 9.78 Å². The molecule has 156 valence electrons. The number of nitrogens with zero attached hydrogens (tertiary/aromatic N) is 2. The molecule has 3 fully saturated rings. The summed E-state index contributed by atoms with van der Waals surface area (Å²) in [5, 5.41) is 0. The van der Waals surface area contributed by atoms with Crippen molar-refractivity contribution < 1.29 is 19.1 Å². The van der Waals surface area contributed by atoms with Crippen LogP contribution in [-0.2, 0) is 14.3 Å². The van der Waals surface area contributed by atoms with Gasteiger partial charge in [0.25, 0.3) is 0 Å². The molecule has 6 atom stereocenters. The minimum absolute atomic E-state index is 0.0921. The van der Waals surface area contributed by atoms with E-state index in [0.29, 0.717) is 31.3 Å². The molecule has 2 N–H and O–H groups in total. The molecular weight excluding hydrogens is 370 g/mol. The molecule has 3 heterocycles. The fourth-order valence-corrected chi connectivity index (χ4v) is 5.46. The molecule has 0 radical (unpaired) electrons. The lowest BCUT2D eigenvalue weighted by molar-refractivity contribution is -0.144. The molecule has 1 saturated carbocycles. The Morgan fingerprint density at radius 1 is 1.45 bits per heavy atom. The Bertz CT molecular complexity index is 794. The van der Waals surface area contributed by atoms with Gasteiger partial charge in [-0.25, -0.2) is 4.79 Å². The Morgan fingerprint density at radius 3 is 3.00 bits per heavy atom. The van der Waals surface area contributed by atoms with E-state index in [0.717, 1.165) is 18.5 Å². The first-order chi connectivity index (χ1) is 14.0. The number of carbonyl (C=O) groups is 2. The van der Waals surface area contributed by atoms with Gasteiger partial charge < -0.3 is 20.1 Å². The van der Waals surface area contributed by atoms with Crippen LogP contribution in [0.25, 0.3) is 6.08 Å². The summed E-state index contributed by atoms with van der Waals surface area (Å²) in [6.45, 7) is 5.51. The van der Waals surface area contributed by atoms with Crippen molar-refractivity contribution in [3.8, 4) is 0 Å². The third kappa shape index (κ3) is 3.82. The van der Waals surface area contributed by atoms with Gasteiger partial charge >= 0.3 is 12.1 Å². The maximum absolute atomic E-state index is 12.5. The van der Waals surface area contributed by atoms with Crippen LogP contribution in [0.4, 0.5) is 10.5 Å². The van der Waals surface area contributed by atoms with Gasteiger partial charge in [-0.15, -0.1) is 0 Å². The fraction of sp³-hybridized carbons (Fsp3) is 0.591. The first-order valence-corrected chi connectivity index (χ1v) is 10.5. The molecule has 0 unspecified atom stereocenters. The summed E-state index contributed by atoms with van der Waals surface area (Å²) in [4.78, 5) is 30.9. The third-order valence-electron chi connectivity index (χ3n) is 6.72. The topological polar surface area (TPSA) is 94.8 Å². The highest BCUT2D eigenvalue weighted by Gasteiger charge is 2.54. The largest absolute Gasteiger partial charge is 0.462 e. The molecule has 7 heteroatoms. The van der Waals surface area contributed by atoms with Gasteiger partial charge in [0.15, 0.2) is 0 Å². The average Bonchev–Trinajstić information content (AvgIpc) is 2.99. The van der Waals surface area contributed by atoms with Crippen LogP contribution < -0.4 is 5.73 Å². The molecule has 4 rings (SSSR count). The van der Waals surface area contributed by atoms with Crippen molar-refractivity contribution in [2.45, 2.75) is 32.8 Å². The smallest absolute Gasteiger partial charge is 0.409 e. The molecular formula is C22H29N3O4. The number of allylic oxidation sites excluding steroid dienone is 1. The summed E-state index contributed by atoms with van der Waals surface area (Å²) in [5.41, 5.74) is 7.21. The number of rotatable bonds is 3. The molecule has 1 aromatic rings. The van der Waals surface area contributed by atoms with Gasteiger partial charge in [0.1, 0.15) is 6.10 Å². The molecule has 7 nitrogen and oxygen atoms in total. The van der Waals surface area contributed by atoms with E-state index in [2.05, 4.69) is 11.1 Å². The van der Waals surface area contributed by atoms with E-state index in [1.165, 1.54) is 0 Å². The van der Waals surface area contributed by atoms with Crippen molar-refractivity contribution in [2.75, 3.05) is 25.4 Å². The van der Waals surface area contributed by atoms with E-state index in [4.69, 9.17) is 15.2 Å². The molecule has 2 saturated heterocycles. The van der Waals surface area contributed by atoms with E-state index >= 15 is 0 Å². The van der Waals surface area contributed by atoms with Crippen LogP contribution in [0.1, 0.15) is 32.4 Å². The molecule has 1 aliphatic carbocycles. The molecule has 1 amide bonds. The van der Waals surface area contributed by atoms with Gasteiger partial charge in [-0.1, -0.05) is 6.08 Å². The monoisotopic (exact) mass is 399 g/mol. The number of hydrogen-bond acceptors (Lipinski definition) is 6. The number of likely N-dealkylation sites (tertiary alicyclic amines) is 1. The number of aromatic nitrogens is 1. The number of ether oxygens (including phenoxy) is 2. The number of carbonyl (C=O) groups excluding carboxylic acids is 2. The second kappa shape index (κ2) is 8.05. The van der Waals surface area contributed by atoms with Crippen molar-refractivity contribution in [1.29, 1.82) is 0 Å². The standard InChI is InChI=1S/C22H29N3O4/c1-3-28-22(27)25-9-8-17-14(12-25)10-19-20(13(2)29-21(19)26)18(17)7-6-16-5-4-15(23)11-24-16/h4-7,11,13-14,17-20H,3,8-10,12,23H2,1-2H3/t13-,14-,17-,18+,19-,20+/m1/s1. The summed E-state index contributed by atoms with van der Waals surface area (Å²) in [6.07, 6.45) is 7.20. The van der Waals surface area contributed by atoms with E-state index in [1.54, 1.807) is 11.1 Å². The van der Waals surface area contributed by atoms with Crippen molar-refractivity contribution in [3.05, 3.63) is 30.1 Å². The molecule has 0 aromatic carbocycles. The average molecular weight is 399 g/mol. The Hall–Kier alpha value is -2.57. The normalized spacial score (nSPS) is 33.9. The zero-order valence-electron chi connectivity index (χ0n) is 17.0. The predicted molar refractivity (Wildman–Crippen MR) is 109 cm³/mol. The summed E-state index contributed by atoms with van der Waals surface area (Å²) in [5.74, 6) is 0.845. The zero-order valence-corrected chi connectivity index (χ0v) is 17.0. The Balaban J connectivity index is 1.58. The number of piperidine rings is 1. The number of nitrogen functional groups attached to an aromatic ring is 1. The van der Waals surface area contributed by atoms with E-state index in [9.17, 15) is 9.59 Å². The number of amides is 1. The summed E-state index contributed by atoms with van der Waals surface area (Å²) < 4.78 is 10.8. The first kappa shape index (κ1) is 19.7. The lowest BCUT2D eigenvalue weighted by Crippen LogP contribution is -2.51. The van der Waals surface area contributed by atoms with Gasteiger partial charge in [-0.05, 0) is 62.7 Å². The maximum Gasteiger partial charge on any atom is 0.409 e. The van der Waals surface area contributed by atoms with Crippen LogP contribution in [0.5, 0.6) is 0 Å². The van der Waals surface area contributed by atoms with Crippen LogP contribution in [0, 0.1) is 29.6 Å². The van der Waals surface area contributed by atoms with E-state index < -0.39 is 0 Å². The molecule has 0 bridgehead atoms. The van der Waals surface area contributed by atoms with Crippen LogP contribution in [0.3, 0.4) is 0 Å². The second-order valence-electron chi connectivity index (χ2n) is 8.37. The van der Waals surface area contributed by atoms with Crippen molar-refractivity contribution in [2.24, 2.45) is 29.6 Å². The Kier molecular flexibility index (Phi) is 5.48. The number of fused-ring (bicyclic) bond motifs is 2. The predicted octanol–water partition coefficient (Wildman–Crippen LogP) is 2.97. The highest BCUT2D eigenvalue weighted by atomic mass is 16.6. The number of hydrogen-bond donors (Lipinski definition) is 1. The van der Waals surface area contributed by atoms with Gasteiger partial charge in [0.2, 0.25) is 0 Å².